The third kappa shape index (κ3) is 2.28. The van der Waals surface area contributed by atoms with Crippen molar-refractivity contribution in [3.8, 4) is 17.7 Å². The summed E-state index contributed by atoms with van der Waals surface area (Å²) < 4.78 is 5.69. The molecule has 0 amide bonds. The van der Waals surface area contributed by atoms with Crippen molar-refractivity contribution in [3.05, 3.63) is 46.1 Å². The van der Waals surface area contributed by atoms with Gasteiger partial charge in [0.1, 0.15) is 17.4 Å². The summed E-state index contributed by atoms with van der Waals surface area (Å²) in [6.45, 7) is 0. The van der Waals surface area contributed by atoms with Crippen LogP contribution < -0.4 is 10.5 Å². The van der Waals surface area contributed by atoms with Crippen molar-refractivity contribution < 1.29 is 4.74 Å². The minimum absolute atomic E-state index is 0.292. The van der Waals surface area contributed by atoms with Gasteiger partial charge in [0.15, 0.2) is 0 Å². The molecule has 1 aromatic carbocycles. The highest BCUT2D eigenvalue weighted by Gasteiger charge is 2.18. The molecule has 0 radical (unpaired) electrons. The van der Waals surface area contributed by atoms with E-state index in [9.17, 15) is 5.26 Å². The number of hydrogen-bond acceptors (Lipinski definition) is 4. The second-order valence-corrected chi connectivity index (χ2v) is 5.11. The first-order valence-corrected chi connectivity index (χ1v) is 6.71. The van der Waals surface area contributed by atoms with Crippen LogP contribution in [0.3, 0.4) is 0 Å². The van der Waals surface area contributed by atoms with E-state index in [4.69, 9.17) is 22.1 Å². The SMILES string of the molecule is N#Cc1cc2c(nc1Oc1cc(N)ccc1Cl)CCC2. The van der Waals surface area contributed by atoms with Gasteiger partial charge in [-0.1, -0.05) is 11.6 Å². The van der Waals surface area contributed by atoms with E-state index in [-0.39, 0.29) is 0 Å². The van der Waals surface area contributed by atoms with Crippen molar-refractivity contribution in [3.63, 3.8) is 0 Å². The Morgan fingerprint density at radius 3 is 2.95 bits per heavy atom. The molecule has 0 saturated heterocycles. The van der Waals surface area contributed by atoms with Crippen LogP contribution in [0.5, 0.6) is 11.6 Å². The number of hydrogen-bond donors (Lipinski definition) is 1. The Morgan fingerprint density at radius 1 is 1.30 bits per heavy atom. The quantitative estimate of drug-likeness (QED) is 0.858. The largest absolute Gasteiger partial charge is 0.436 e. The van der Waals surface area contributed by atoms with Gasteiger partial charge in [0.25, 0.3) is 0 Å². The molecule has 1 aromatic heterocycles. The Morgan fingerprint density at radius 2 is 2.15 bits per heavy atom. The zero-order valence-electron chi connectivity index (χ0n) is 10.7. The average Bonchev–Trinajstić information content (AvgIpc) is 2.89. The molecule has 0 spiro atoms. The highest BCUT2D eigenvalue weighted by molar-refractivity contribution is 6.32. The minimum Gasteiger partial charge on any atom is -0.436 e. The molecule has 5 heteroatoms. The fourth-order valence-corrected chi connectivity index (χ4v) is 2.47. The van der Waals surface area contributed by atoms with E-state index in [1.54, 1.807) is 18.2 Å². The van der Waals surface area contributed by atoms with E-state index in [1.807, 2.05) is 6.07 Å². The molecule has 1 heterocycles. The first-order chi connectivity index (χ1) is 9.67. The lowest BCUT2D eigenvalue weighted by atomic mass is 10.1. The number of nitrogens with two attached hydrogens (primary N) is 1. The summed E-state index contributed by atoms with van der Waals surface area (Å²) in [6, 6.07) is 8.94. The normalized spacial score (nSPS) is 12.8. The number of nitrogen functional groups attached to an aromatic ring is 1. The van der Waals surface area contributed by atoms with Gasteiger partial charge in [-0.15, -0.1) is 0 Å². The first kappa shape index (κ1) is 12.8. The number of aromatic nitrogens is 1. The van der Waals surface area contributed by atoms with Crippen LogP contribution >= 0.6 is 11.6 Å². The van der Waals surface area contributed by atoms with Crippen LogP contribution in [-0.2, 0) is 12.8 Å². The third-order valence-electron chi connectivity index (χ3n) is 3.30. The van der Waals surface area contributed by atoms with Crippen LogP contribution in [0.25, 0.3) is 0 Å². The van der Waals surface area contributed by atoms with E-state index in [0.29, 0.717) is 27.9 Å². The number of halogens is 1. The van der Waals surface area contributed by atoms with Crippen molar-refractivity contribution in [2.24, 2.45) is 0 Å². The van der Waals surface area contributed by atoms with Gasteiger partial charge in [-0.3, -0.25) is 0 Å². The van der Waals surface area contributed by atoms with Crippen molar-refractivity contribution in [1.82, 2.24) is 4.98 Å². The maximum atomic E-state index is 9.22. The predicted molar refractivity (Wildman–Crippen MR) is 76.9 cm³/mol. The van der Waals surface area contributed by atoms with Gasteiger partial charge in [-0.25, -0.2) is 4.98 Å². The van der Waals surface area contributed by atoms with Gasteiger partial charge in [-0.2, -0.15) is 5.26 Å². The van der Waals surface area contributed by atoms with Crippen LogP contribution in [0.1, 0.15) is 23.2 Å². The Hall–Kier alpha value is -2.25. The molecule has 0 saturated carbocycles. The maximum Gasteiger partial charge on any atom is 0.237 e. The predicted octanol–water partition coefficient (Wildman–Crippen LogP) is 3.47. The standard InChI is InChI=1S/C15H12ClN3O/c16-12-5-4-11(18)7-14(12)20-15-10(8-17)6-9-2-1-3-13(9)19-15/h4-7H,1-3,18H2. The molecule has 20 heavy (non-hydrogen) atoms. The summed E-state index contributed by atoms with van der Waals surface area (Å²) in [6.07, 6.45) is 2.95. The molecular weight excluding hydrogens is 274 g/mol. The fourth-order valence-electron chi connectivity index (χ4n) is 2.31. The van der Waals surface area contributed by atoms with Gasteiger partial charge in [0, 0.05) is 17.4 Å². The van der Waals surface area contributed by atoms with E-state index in [1.165, 1.54) is 0 Å². The fraction of sp³-hybridized carbons (Fsp3) is 0.200. The summed E-state index contributed by atoms with van der Waals surface area (Å²) in [5, 5.41) is 9.66. The highest BCUT2D eigenvalue weighted by Crippen LogP contribution is 2.33. The molecule has 2 N–H and O–H groups in total. The molecule has 0 atom stereocenters. The molecule has 3 rings (SSSR count). The lowest BCUT2D eigenvalue weighted by Crippen LogP contribution is -1.98. The Kier molecular flexibility index (Phi) is 3.21. The molecule has 1 aliphatic carbocycles. The van der Waals surface area contributed by atoms with Crippen LogP contribution in [0, 0.1) is 11.3 Å². The highest BCUT2D eigenvalue weighted by atomic mass is 35.5. The van der Waals surface area contributed by atoms with Crippen molar-refractivity contribution in [1.29, 1.82) is 5.26 Å². The molecule has 2 aromatic rings. The van der Waals surface area contributed by atoms with E-state index in [0.717, 1.165) is 30.5 Å². The number of pyridine rings is 1. The van der Waals surface area contributed by atoms with Crippen LogP contribution in [0.15, 0.2) is 24.3 Å². The smallest absolute Gasteiger partial charge is 0.237 e. The van der Waals surface area contributed by atoms with Crippen LogP contribution in [0.2, 0.25) is 5.02 Å². The minimum atomic E-state index is 0.292. The molecular formula is C15H12ClN3O. The van der Waals surface area contributed by atoms with E-state index < -0.39 is 0 Å². The third-order valence-corrected chi connectivity index (χ3v) is 3.61. The molecule has 0 fully saturated rings. The van der Waals surface area contributed by atoms with Gasteiger partial charge >= 0.3 is 0 Å². The van der Waals surface area contributed by atoms with Crippen molar-refractivity contribution >= 4 is 17.3 Å². The van der Waals surface area contributed by atoms with Crippen LogP contribution in [-0.4, -0.2) is 4.98 Å². The lowest BCUT2D eigenvalue weighted by Gasteiger charge is -2.10. The molecule has 1 aliphatic rings. The molecule has 4 nitrogen and oxygen atoms in total. The summed E-state index contributed by atoms with van der Waals surface area (Å²) in [7, 11) is 0. The second-order valence-electron chi connectivity index (χ2n) is 4.70. The maximum absolute atomic E-state index is 9.22. The Bertz CT molecular complexity index is 722. The first-order valence-electron chi connectivity index (χ1n) is 6.33. The number of anilines is 1. The van der Waals surface area contributed by atoms with E-state index in [2.05, 4.69) is 11.1 Å². The molecule has 0 unspecified atom stereocenters. The van der Waals surface area contributed by atoms with Crippen LogP contribution in [0.4, 0.5) is 5.69 Å². The molecule has 0 aliphatic heterocycles. The second kappa shape index (κ2) is 5.03. The monoisotopic (exact) mass is 285 g/mol. The van der Waals surface area contributed by atoms with Gasteiger partial charge in [0.2, 0.25) is 5.88 Å². The van der Waals surface area contributed by atoms with Gasteiger partial charge in [0.05, 0.1) is 5.02 Å². The number of ether oxygens (including phenoxy) is 1. The zero-order valence-corrected chi connectivity index (χ0v) is 11.4. The molecule has 0 bridgehead atoms. The Balaban J connectivity index is 2.02. The summed E-state index contributed by atoms with van der Waals surface area (Å²) in [4.78, 5) is 4.45. The van der Waals surface area contributed by atoms with Gasteiger partial charge in [-0.05, 0) is 43.0 Å². The lowest BCUT2D eigenvalue weighted by molar-refractivity contribution is 0.460. The van der Waals surface area contributed by atoms with Gasteiger partial charge < -0.3 is 10.5 Å². The number of benzene rings is 1. The average molecular weight is 286 g/mol. The summed E-state index contributed by atoms with van der Waals surface area (Å²) in [5.41, 5.74) is 8.81. The molecule has 100 valence electrons. The number of fused-ring (bicyclic) bond motifs is 1. The van der Waals surface area contributed by atoms with Crippen molar-refractivity contribution in [2.75, 3.05) is 5.73 Å². The summed E-state index contributed by atoms with van der Waals surface area (Å²) >= 11 is 6.07. The summed E-state index contributed by atoms with van der Waals surface area (Å²) in [5.74, 6) is 0.703. The number of rotatable bonds is 2. The number of nitriles is 1. The zero-order chi connectivity index (χ0) is 14.1. The Labute approximate surface area is 121 Å². The van der Waals surface area contributed by atoms with Crippen molar-refractivity contribution in [2.45, 2.75) is 19.3 Å². The topological polar surface area (TPSA) is 71.9 Å². The number of nitrogens with zero attached hydrogens (tertiary/aromatic N) is 2. The van der Waals surface area contributed by atoms with E-state index >= 15 is 0 Å². The number of aryl methyl sites for hydroxylation is 2.